The molecule has 1 aromatic carbocycles. The van der Waals surface area contributed by atoms with Crippen LogP contribution in [0.2, 0.25) is 5.02 Å². The van der Waals surface area contributed by atoms with E-state index in [1.54, 1.807) is 0 Å². The van der Waals surface area contributed by atoms with Gasteiger partial charge in [0.1, 0.15) is 0 Å². The Morgan fingerprint density at radius 3 is 2.39 bits per heavy atom. The number of nitrogens with zero attached hydrogens (tertiary/aromatic N) is 2. The lowest BCUT2D eigenvalue weighted by Crippen LogP contribution is -2.42. The molecule has 0 aliphatic heterocycles. The van der Waals surface area contributed by atoms with Gasteiger partial charge in [-0.15, -0.1) is 0 Å². The summed E-state index contributed by atoms with van der Waals surface area (Å²) in [6.07, 6.45) is 8.39. The molecule has 2 rings (SSSR count). The summed E-state index contributed by atoms with van der Waals surface area (Å²) in [7, 11) is 2.08. The van der Waals surface area contributed by atoms with Crippen molar-refractivity contribution in [3.8, 4) is 0 Å². The molecule has 0 amide bonds. The topological polar surface area (TPSA) is 15.6 Å². The Labute approximate surface area is 115 Å². The van der Waals surface area contributed by atoms with Gasteiger partial charge in [0.15, 0.2) is 0 Å². The van der Waals surface area contributed by atoms with Gasteiger partial charge >= 0.3 is 0 Å². The van der Waals surface area contributed by atoms with Crippen LogP contribution in [0, 0.1) is 0 Å². The molecule has 1 aliphatic rings. The van der Waals surface area contributed by atoms with Crippen molar-refractivity contribution in [1.29, 1.82) is 0 Å². The zero-order chi connectivity index (χ0) is 13.0. The molecule has 0 radical (unpaired) electrons. The molecule has 0 heterocycles. The van der Waals surface area contributed by atoms with Gasteiger partial charge in [-0.05, 0) is 37.5 Å². The second-order valence-corrected chi connectivity index (χ2v) is 5.81. The van der Waals surface area contributed by atoms with Gasteiger partial charge in [0.2, 0.25) is 0 Å². The number of hydrazone groups is 1. The second kappa shape index (κ2) is 5.75. The zero-order valence-corrected chi connectivity index (χ0v) is 12.0. The molecule has 0 aromatic heterocycles. The third-order valence-electron chi connectivity index (χ3n) is 3.96. The maximum Gasteiger partial charge on any atom is 0.0548 e. The van der Waals surface area contributed by atoms with Crippen LogP contribution in [-0.2, 0) is 0 Å². The van der Waals surface area contributed by atoms with Crippen LogP contribution in [0.3, 0.4) is 0 Å². The Bertz CT molecular complexity index is 405. The Kier molecular flexibility index (Phi) is 4.28. The Morgan fingerprint density at radius 1 is 1.17 bits per heavy atom. The van der Waals surface area contributed by atoms with Gasteiger partial charge in [-0.2, -0.15) is 5.10 Å². The molecular formula is C15H21ClN2. The van der Waals surface area contributed by atoms with Crippen molar-refractivity contribution in [2.45, 2.75) is 44.6 Å². The van der Waals surface area contributed by atoms with Gasteiger partial charge in [-0.25, -0.2) is 0 Å². The number of benzene rings is 1. The molecule has 1 saturated carbocycles. The molecule has 0 N–H and O–H groups in total. The summed E-state index contributed by atoms with van der Waals surface area (Å²) in [6.45, 7) is 2.31. The summed E-state index contributed by atoms with van der Waals surface area (Å²) < 4.78 is 0. The fraction of sp³-hybridized carbons (Fsp3) is 0.533. The van der Waals surface area contributed by atoms with Crippen LogP contribution in [0.15, 0.2) is 29.4 Å². The molecule has 18 heavy (non-hydrogen) atoms. The summed E-state index contributed by atoms with van der Waals surface area (Å²) in [5, 5.41) is 7.47. The molecule has 0 bridgehead atoms. The predicted molar refractivity (Wildman–Crippen MR) is 78.3 cm³/mol. The van der Waals surface area contributed by atoms with Crippen molar-refractivity contribution in [2.24, 2.45) is 5.10 Å². The fourth-order valence-corrected chi connectivity index (χ4v) is 2.60. The van der Waals surface area contributed by atoms with Crippen LogP contribution in [0.4, 0.5) is 0 Å². The first kappa shape index (κ1) is 13.4. The molecule has 1 fully saturated rings. The van der Waals surface area contributed by atoms with Gasteiger partial charge in [0.25, 0.3) is 0 Å². The Morgan fingerprint density at radius 2 is 1.78 bits per heavy atom. The van der Waals surface area contributed by atoms with E-state index in [1.165, 1.54) is 32.1 Å². The van der Waals surface area contributed by atoms with Gasteiger partial charge in [-0.1, -0.05) is 43.0 Å². The number of halogens is 1. The standard InChI is InChI=1S/C15H21ClN2/c1-15(10-4-3-5-11-15)18(2)17-12-13-6-8-14(16)9-7-13/h6-9,12H,3-5,10-11H2,1-2H3/b17-12+. The first-order valence-electron chi connectivity index (χ1n) is 6.64. The van der Waals surface area contributed by atoms with E-state index in [0.717, 1.165) is 10.6 Å². The minimum atomic E-state index is 0.223. The third kappa shape index (κ3) is 3.26. The van der Waals surface area contributed by atoms with Crippen LogP contribution in [0.5, 0.6) is 0 Å². The molecule has 0 saturated heterocycles. The molecule has 98 valence electrons. The van der Waals surface area contributed by atoms with Crippen molar-refractivity contribution in [3.05, 3.63) is 34.9 Å². The molecule has 3 heteroatoms. The van der Waals surface area contributed by atoms with E-state index >= 15 is 0 Å². The maximum absolute atomic E-state index is 5.86. The van der Waals surface area contributed by atoms with Crippen molar-refractivity contribution in [2.75, 3.05) is 7.05 Å². The van der Waals surface area contributed by atoms with Gasteiger partial charge in [-0.3, -0.25) is 5.01 Å². The molecule has 0 unspecified atom stereocenters. The quantitative estimate of drug-likeness (QED) is 0.586. The predicted octanol–water partition coefficient (Wildman–Crippen LogP) is 4.33. The van der Waals surface area contributed by atoms with Crippen LogP contribution >= 0.6 is 11.6 Å². The highest BCUT2D eigenvalue weighted by molar-refractivity contribution is 6.30. The van der Waals surface area contributed by atoms with Crippen LogP contribution in [0.1, 0.15) is 44.6 Å². The van der Waals surface area contributed by atoms with E-state index < -0.39 is 0 Å². The normalized spacial score (nSPS) is 19.1. The van der Waals surface area contributed by atoms with Crippen molar-refractivity contribution in [3.63, 3.8) is 0 Å². The fourth-order valence-electron chi connectivity index (χ4n) is 2.48. The summed E-state index contributed by atoms with van der Waals surface area (Å²) in [4.78, 5) is 0. The monoisotopic (exact) mass is 264 g/mol. The first-order chi connectivity index (χ1) is 8.60. The van der Waals surface area contributed by atoms with Gasteiger partial charge in [0, 0.05) is 12.1 Å². The lowest BCUT2D eigenvalue weighted by Gasteiger charge is -2.40. The van der Waals surface area contributed by atoms with E-state index in [9.17, 15) is 0 Å². The average molecular weight is 265 g/mol. The average Bonchev–Trinajstić information content (AvgIpc) is 2.38. The molecule has 1 aliphatic carbocycles. The molecule has 0 spiro atoms. The smallest absolute Gasteiger partial charge is 0.0548 e. The van der Waals surface area contributed by atoms with E-state index in [-0.39, 0.29) is 5.54 Å². The Hall–Kier alpha value is -1.02. The minimum absolute atomic E-state index is 0.223. The van der Waals surface area contributed by atoms with Crippen molar-refractivity contribution in [1.82, 2.24) is 5.01 Å². The van der Waals surface area contributed by atoms with E-state index in [0.29, 0.717) is 0 Å². The largest absolute Gasteiger partial charge is 0.294 e. The lowest BCUT2D eigenvalue weighted by molar-refractivity contribution is 0.0974. The Balaban J connectivity index is 2.01. The highest BCUT2D eigenvalue weighted by atomic mass is 35.5. The number of hydrogen-bond acceptors (Lipinski definition) is 2. The lowest BCUT2D eigenvalue weighted by atomic mass is 9.83. The third-order valence-corrected chi connectivity index (χ3v) is 4.21. The van der Waals surface area contributed by atoms with Crippen LogP contribution < -0.4 is 0 Å². The zero-order valence-electron chi connectivity index (χ0n) is 11.2. The van der Waals surface area contributed by atoms with Gasteiger partial charge in [0.05, 0.1) is 11.8 Å². The van der Waals surface area contributed by atoms with E-state index in [1.807, 2.05) is 30.5 Å². The molecule has 2 nitrogen and oxygen atoms in total. The second-order valence-electron chi connectivity index (χ2n) is 5.38. The molecular weight excluding hydrogens is 244 g/mol. The first-order valence-corrected chi connectivity index (χ1v) is 7.01. The maximum atomic E-state index is 5.86. The van der Waals surface area contributed by atoms with Gasteiger partial charge < -0.3 is 0 Å². The molecule has 0 atom stereocenters. The number of rotatable bonds is 3. The van der Waals surface area contributed by atoms with Crippen molar-refractivity contribution >= 4 is 17.8 Å². The summed E-state index contributed by atoms with van der Waals surface area (Å²) >= 11 is 5.86. The SMILES string of the molecule is CN(/N=C/c1ccc(Cl)cc1)C1(C)CCCCC1. The number of hydrogen-bond donors (Lipinski definition) is 0. The summed E-state index contributed by atoms with van der Waals surface area (Å²) in [5.41, 5.74) is 1.31. The summed E-state index contributed by atoms with van der Waals surface area (Å²) in [6, 6.07) is 7.77. The summed E-state index contributed by atoms with van der Waals surface area (Å²) in [5.74, 6) is 0. The van der Waals surface area contributed by atoms with E-state index in [4.69, 9.17) is 11.6 Å². The highest BCUT2D eigenvalue weighted by Gasteiger charge is 2.30. The van der Waals surface area contributed by atoms with Crippen LogP contribution in [0.25, 0.3) is 0 Å². The molecule has 1 aromatic rings. The highest BCUT2D eigenvalue weighted by Crippen LogP contribution is 2.32. The van der Waals surface area contributed by atoms with E-state index in [2.05, 4.69) is 24.1 Å². The van der Waals surface area contributed by atoms with Crippen molar-refractivity contribution < 1.29 is 0 Å². The minimum Gasteiger partial charge on any atom is -0.294 e. The van der Waals surface area contributed by atoms with Crippen LogP contribution in [-0.4, -0.2) is 23.8 Å².